The fourth-order valence-electron chi connectivity index (χ4n) is 5.04. The Morgan fingerprint density at radius 3 is 2.43 bits per heavy atom. The van der Waals surface area contributed by atoms with E-state index in [-0.39, 0.29) is 18.3 Å². The van der Waals surface area contributed by atoms with Gasteiger partial charge in [-0.15, -0.1) is 0 Å². The summed E-state index contributed by atoms with van der Waals surface area (Å²) in [5, 5.41) is 4.04. The average Bonchev–Trinajstić information content (AvgIpc) is 2.88. The number of nitrogens with one attached hydrogen (secondary N) is 2. The molecule has 0 spiro atoms. The quantitative estimate of drug-likeness (QED) is 0.509. The molecule has 3 atom stereocenters. The molecule has 0 amide bonds. The first-order valence-electron chi connectivity index (χ1n) is 11.7. The van der Waals surface area contributed by atoms with Crippen molar-refractivity contribution in [3.05, 3.63) is 124 Å². The van der Waals surface area contributed by atoms with E-state index in [1.807, 2.05) is 86.0 Å². The lowest BCUT2D eigenvalue weighted by Crippen LogP contribution is -2.42. The molecule has 2 aromatic carbocycles. The van der Waals surface area contributed by atoms with Gasteiger partial charge in [0.2, 0.25) is 0 Å². The molecule has 2 aliphatic rings. The molecule has 3 unspecified atom stereocenters. The van der Waals surface area contributed by atoms with E-state index in [0.717, 1.165) is 22.4 Å². The summed E-state index contributed by atoms with van der Waals surface area (Å²) in [5.74, 6) is -1.29. The highest BCUT2D eigenvalue weighted by molar-refractivity contribution is 6.30. The molecule has 5 rings (SSSR count). The van der Waals surface area contributed by atoms with Crippen molar-refractivity contribution in [1.82, 2.24) is 5.32 Å². The average molecular weight is 486 g/mol. The number of H-pyrrole nitrogens is 1. The molecular formula is C29H26ClN2O3+. The maximum atomic E-state index is 13.6. The van der Waals surface area contributed by atoms with Crippen LogP contribution in [0.3, 0.4) is 0 Å². The van der Waals surface area contributed by atoms with Gasteiger partial charge in [0, 0.05) is 46.8 Å². The van der Waals surface area contributed by atoms with E-state index >= 15 is 0 Å². The second kappa shape index (κ2) is 9.88. The molecule has 1 aromatic heterocycles. The van der Waals surface area contributed by atoms with Crippen LogP contribution in [-0.2, 0) is 20.9 Å². The first kappa shape index (κ1) is 23.1. The van der Waals surface area contributed by atoms with Gasteiger partial charge in [0.1, 0.15) is 12.4 Å². The van der Waals surface area contributed by atoms with Gasteiger partial charge in [0.15, 0.2) is 12.4 Å². The zero-order valence-electron chi connectivity index (χ0n) is 19.3. The van der Waals surface area contributed by atoms with Crippen LogP contribution < -0.4 is 10.3 Å². The number of hydrogen-bond acceptors (Lipinski definition) is 4. The molecular weight excluding hydrogens is 460 g/mol. The van der Waals surface area contributed by atoms with Crippen LogP contribution >= 0.6 is 11.6 Å². The third-order valence-electron chi connectivity index (χ3n) is 6.70. The zero-order chi connectivity index (χ0) is 24.4. The van der Waals surface area contributed by atoms with Crippen molar-refractivity contribution >= 4 is 23.4 Å². The van der Waals surface area contributed by atoms with Crippen molar-refractivity contribution in [2.75, 3.05) is 0 Å². The van der Waals surface area contributed by atoms with Crippen LogP contribution in [0.5, 0.6) is 0 Å². The Morgan fingerprint density at radius 1 is 1.00 bits per heavy atom. The third kappa shape index (κ3) is 4.77. The number of ketones is 1. The van der Waals surface area contributed by atoms with Gasteiger partial charge in [-0.05, 0) is 35.7 Å². The SMILES string of the molecule is CC1=C(C(=O)OCc2ccccc2)C(c2cc[nH+]cc2)C2C(=O)CC(c3ccc(Cl)cc3)C=C2N1. The molecule has 3 aromatic rings. The van der Waals surface area contributed by atoms with Gasteiger partial charge in [0.05, 0.1) is 11.5 Å². The van der Waals surface area contributed by atoms with Gasteiger partial charge >= 0.3 is 5.97 Å². The molecule has 1 aliphatic heterocycles. The number of rotatable bonds is 5. The summed E-state index contributed by atoms with van der Waals surface area (Å²) in [4.78, 5) is 30.1. The monoisotopic (exact) mass is 485 g/mol. The molecule has 0 fully saturated rings. The topological polar surface area (TPSA) is 69.5 Å². The van der Waals surface area contributed by atoms with Gasteiger partial charge in [-0.25, -0.2) is 9.78 Å². The molecule has 2 heterocycles. The molecule has 5 nitrogen and oxygen atoms in total. The van der Waals surface area contributed by atoms with Crippen molar-refractivity contribution in [1.29, 1.82) is 0 Å². The number of esters is 1. The predicted octanol–water partition coefficient (Wildman–Crippen LogP) is 5.12. The fourth-order valence-corrected chi connectivity index (χ4v) is 5.16. The Hall–Kier alpha value is -3.70. The van der Waals surface area contributed by atoms with Crippen LogP contribution in [0.1, 0.15) is 41.9 Å². The number of aromatic amines is 1. The molecule has 35 heavy (non-hydrogen) atoms. The van der Waals surface area contributed by atoms with E-state index in [4.69, 9.17) is 16.3 Å². The Bertz CT molecular complexity index is 1300. The van der Waals surface area contributed by atoms with Gasteiger partial charge < -0.3 is 10.1 Å². The summed E-state index contributed by atoms with van der Waals surface area (Å²) in [6.07, 6.45) is 6.10. The van der Waals surface area contributed by atoms with E-state index in [0.29, 0.717) is 22.7 Å². The van der Waals surface area contributed by atoms with Crippen LogP contribution in [0.4, 0.5) is 0 Å². The summed E-state index contributed by atoms with van der Waals surface area (Å²) in [6.45, 7) is 2.04. The Kier molecular flexibility index (Phi) is 6.51. The predicted molar refractivity (Wildman–Crippen MR) is 133 cm³/mol. The number of benzene rings is 2. The molecule has 0 radical (unpaired) electrons. The van der Waals surface area contributed by atoms with E-state index in [1.165, 1.54) is 0 Å². The molecule has 2 N–H and O–H groups in total. The van der Waals surface area contributed by atoms with Crippen LogP contribution in [-0.4, -0.2) is 11.8 Å². The van der Waals surface area contributed by atoms with E-state index in [1.54, 1.807) is 0 Å². The van der Waals surface area contributed by atoms with Crippen molar-refractivity contribution < 1.29 is 19.3 Å². The smallest absolute Gasteiger partial charge is 0.336 e. The summed E-state index contributed by atoms with van der Waals surface area (Å²) in [5.41, 5.74) is 4.87. The van der Waals surface area contributed by atoms with Crippen molar-refractivity contribution in [2.24, 2.45) is 5.92 Å². The lowest BCUT2D eigenvalue weighted by molar-refractivity contribution is -0.378. The summed E-state index contributed by atoms with van der Waals surface area (Å²) in [6, 6.07) is 21.0. The number of allylic oxidation sites excluding steroid dienone is 3. The number of aromatic nitrogens is 1. The lowest BCUT2D eigenvalue weighted by Gasteiger charge is -2.39. The normalized spacial score (nSPS) is 21.6. The molecule has 0 saturated carbocycles. The number of pyridine rings is 1. The minimum absolute atomic E-state index is 0.0531. The van der Waals surface area contributed by atoms with Crippen LogP contribution in [0.2, 0.25) is 5.02 Å². The largest absolute Gasteiger partial charge is 0.457 e. The van der Waals surface area contributed by atoms with E-state index in [9.17, 15) is 9.59 Å². The van der Waals surface area contributed by atoms with Crippen molar-refractivity contribution in [3.63, 3.8) is 0 Å². The van der Waals surface area contributed by atoms with Gasteiger partial charge in [-0.3, -0.25) is 4.79 Å². The summed E-state index contributed by atoms with van der Waals surface area (Å²) >= 11 is 6.06. The molecule has 1 aliphatic carbocycles. The number of carbonyl (C=O) groups is 2. The van der Waals surface area contributed by atoms with E-state index in [2.05, 4.69) is 16.4 Å². The fraction of sp³-hybridized carbons (Fsp3) is 0.207. The van der Waals surface area contributed by atoms with Gasteiger partial charge in [-0.1, -0.05) is 60.1 Å². The Balaban J connectivity index is 1.52. The minimum Gasteiger partial charge on any atom is -0.457 e. The van der Waals surface area contributed by atoms with Crippen molar-refractivity contribution in [3.8, 4) is 0 Å². The second-order valence-corrected chi connectivity index (χ2v) is 9.40. The maximum Gasteiger partial charge on any atom is 0.336 e. The minimum atomic E-state index is -0.482. The molecule has 176 valence electrons. The van der Waals surface area contributed by atoms with Crippen molar-refractivity contribution in [2.45, 2.75) is 31.8 Å². The number of ether oxygens (including phenoxy) is 1. The highest BCUT2D eigenvalue weighted by Gasteiger charge is 2.45. The number of hydrogen-bond donors (Lipinski definition) is 1. The highest BCUT2D eigenvalue weighted by atomic mass is 35.5. The molecule has 6 heteroatoms. The third-order valence-corrected chi connectivity index (χ3v) is 6.95. The maximum absolute atomic E-state index is 13.6. The number of carbonyl (C=O) groups excluding carboxylic acids is 2. The lowest BCUT2D eigenvalue weighted by atomic mass is 9.69. The summed E-state index contributed by atoms with van der Waals surface area (Å²) < 4.78 is 5.72. The molecule has 0 saturated heterocycles. The standard InChI is InChI=1S/C29H25ClN2O3/c1-18-26(29(34)35-17-19-5-3-2-4-6-19)27(21-11-13-31-14-12-21)28-24(32-18)15-22(16-25(28)33)20-7-9-23(30)10-8-20/h2-15,22,27-28,32H,16-17H2,1H3/p+1. The number of fused-ring (bicyclic) bond motifs is 1. The first-order chi connectivity index (χ1) is 17.0. The highest BCUT2D eigenvalue weighted by Crippen LogP contribution is 2.46. The Morgan fingerprint density at radius 2 is 1.71 bits per heavy atom. The number of halogens is 1. The van der Waals surface area contributed by atoms with E-state index < -0.39 is 17.8 Å². The van der Waals surface area contributed by atoms with Crippen LogP contribution in [0, 0.1) is 5.92 Å². The van der Waals surface area contributed by atoms with Crippen LogP contribution in [0.15, 0.2) is 102 Å². The molecule has 0 bridgehead atoms. The van der Waals surface area contributed by atoms with Crippen LogP contribution in [0.25, 0.3) is 0 Å². The summed E-state index contributed by atoms with van der Waals surface area (Å²) in [7, 11) is 0. The second-order valence-electron chi connectivity index (χ2n) is 8.96. The first-order valence-corrected chi connectivity index (χ1v) is 12.0. The number of Topliss-reactive ketones (excluding diaryl/α,β-unsaturated/α-hetero) is 1. The van der Waals surface area contributed by atoms with Gasteiger partial charge in [0.25, 0.3) is 0 Å². The Labute approximate surface area is 209 Å². The van der Waals surface area contributed by atoms with Gasteiger partial charge in [-0.2, -0.15) is 0 Å². The zero-order valence-corrected chi connectivity index (χ0v) is 20.1.